The van der Waals surface area contributed by atoms with Gasteiger partial charge in [-0.05, 0) is 42.5 Å². The van der Waals surface area contributed by atoms with E-state index in [0.717, 1.165) is 42.3 Å². The number of anilines is 1. The lowest BCUT2D eigenvalue weighted by Crippen LogP contribution is -2.59. The highest BCUT2D eigenvalue weighted by Gasteiger charge is 2.42. The molecule has 1 aliphatic carbocycles. The Labute approximate surface area is 135 Å². The molecule has 5 heteroatoms. The third kappa shape index (κ3) is 1.91. The van der Waals surface area contributed by atoms with Gasteiger partial charge in [-0.2, -0.15) is 0 Å². The van der Waals surface area contributed by atoms with E-state index in [1.54, 1.807) is 17.7 Å². The molecule has 5 rings (SSSR count). The monoisotopic (exact) mass is 314 g/mol. The van der Waals surface area contributed by atoms with Crippen molar-refractivity contribution in [1.82, 2.24) is 14.9 Å². The number of nitrogens with zero attached hydrogens (tertiary/aromatic N) is 4. The Hall–Kier alpha value is -1.20. The van der Waals surface area contributed by atoms with Crippen molar-refractivity contribution in [3.05, 3.63) is 17.3 Å². The number of hydrogen-bond acceptors (Lipinski definition) is 5. The third-order valence-electron chi connectivity index (χ3n) is 5.94. The van der Waals surface area contributed by atoms with Crippen LogP contribution in [0.5, 0.6) is 0 Å². The second-order valence-electron chi connectivity index (χ2n) is 7.26. The number of fused-ring (bicyclic) bond motifs is 2. The van der Waals surface area contributed by atoms with Crippen molar-refractivity contribution < 1.29 is 0 Å². The zero-order chi connectivity index (χ0) is 14.7. The molecular weight excluding hydrogens is 292 g/mol. The lowest BCUT2D eigenvalue weighted by atomic mass is 10.0. The van der Waals surface area contributed by atoms with Crippen molar-refractivity contribution in [2.45, 2.75) is 32.2 Å². The smallest absolute Gasteiger partial charge is 0.150 e. The van der Waals surface area contributed by atoms with Crippen LogP contribution in [0.25, 0.3) is 10.2 Å². The van der Waals surface area contributed by atoms with E-state index in [2.05, 4.69) is 32.1 Å². The largest absolute Gasteiger partial charge is 0.352 e. The first-order valence-electron chi connectivity index (χ1n) is 8.47. The van der Waals surface area contributed by atoms with E-state index in [1.165, 1.54) is 42.6 Å². The predicted molar refractivity (Wildman–Crippen MR) is 90.6 cm³/mol. The normalized spacial score (nSPS) is 29.2. The molecule has 0 bridgehead atoms. The quantitative estimate of drug-likeness (QED) is 0.853. The van der Waals surface area contributed by atoms with Crippen LogP contribution in [0.4, 0.5) is 5.82 Å². The molecule has 4 nitrogen and oxygen atoms in total. The van der Waals surface area contributed by atoms with Gasteiger partial charge in [-0.15, -0.1) is 11.3 Å². The first-order valence-corrected chi connectivity index (χ1v) is 9.35. The van der Waals surface area contributed by atoms with Gasteiger partial charge in [0, 0.05) is 32.2 Å². The van der Waals surface area contributed by atoms with Crippen molar-refractivity contribution in [3.8, 4) is 0 Å². The highest BCUT2D eigenvalue weighted by molar-refractivity contribution is 7.18. The Morgan fingerprint density at radius 3 is 2.64 bits per heavy atom. The standard InChI is InChI=1S/C17H22N4S/c1-11-9-22-16-15(11)18-10-19-17(16)21-7-14(8-21)20-5-12-3-2-4-13(12)6-20/h9-10,12-14H,2-8H2,1H3. The lowest BCUT2D eigenvalue weighted by Gasteiger charge is -2.45. The number of likely N-dealkylation sites (tertiary alicyclic amines) is 1. The summed E-state index contributed by atoms with van der Waals surface area (Å²) in [5.74, 6) is 3.15. The lowest BCUT2D eigenvalue weighted by molar-refractivity contribution is 0.190. The Kier molecular flexibility index (Phi) is 2.95. The molecule has 2 atom stereocenters. The summed E-state index contributed by atoms with van der Waals surface area (Å²) in [5, 5.41) is 2.20. The van der Waals surface area contributed by atoms with Crippen molar-refractivity contribution in [2.75, 3.05) is 31.1 Å². The van der Waals surface area contributed by atoms with Crippen molar-refractivity contribution >= 4 is 27.4 Å². The Bertz CT molecular complexity index is 694. The SMILES string of the molecule is Cc1csc2c(N3CC(N4CC5CCCC5C4)C3)ncnc12. The van der Waals surface area contributed by atoms with Crippen LogP contribution in [0.3, 0.4) is 0 Å². The van der Waals surface area contributed by atoms with Gasteiger partial charge < -0.3 is 4.90 Å². The second kappa shape index (κ2) is 4.90. The average molecular weight is 314 g/mol. The van der Waals surface area contributed by atoms with E-state index in [4.69, 9.17) is 0 Å². The van der Waals surface area contributed by atoms with Gasteiger partial charge in [0.05, 0.1) is 10.2 Å². The molecule has 3 fully saturated rings. The van der Waals surface area contributed by atoms with Crippen molar-refractivity contribution in [3.63, 3.8) is 0 Å². The van der Waals surface area contributed by atoms with Gasteiger partial charge in [-0.25, -0.2) is 9.97 Å². The van der Waals surface area contributed by atoms with Crippen LogP contribution in [0.2, 0.25) is 0 Å². The van der Waals surface area contributed by atoms with Crippen LogP contribution in [0.1, 0.15) is 24.8 Å². The van der Waals surface area contributed by atoms with Crippen LogP contribution in [0.15, 0.2) is 11.7 Å². The first kappa shape index (κ1) is 13.3. The van der Waals surface area contributed by atoms with Crippen molar-refractivity contribution in [1.29, 1.82) is 0 Å². The maximum atomic E-state index is 4.57. The molecule has 0 spiro atoms. The minimum Gasteiger partial charge on any atom is -0.352 e. The molecule has 2 aliphatic heterocycles. The number of thiophene rings is 1. The summed E-state index contributed by atoms with van der Waals surface area (Å²) in [6.45, 7) is 7.11. The van der Waals surface area contributed by atoms with Crippen LogP contribution in [0, 0.1) is 18.8 Å². The van der Waals surface area contributed by atoms with Crippen LogP contribution in [-0.4, -0.2) is 47.1 Å². The minimum absolute atomic E-state index is 0.747. The van der Waals surface area contributed by atoms with E-state index in [0.29, 0.717) is 0 Å². The topological polar surface area (TPSA) is 32.3 Å². The molecule has 22 heavy (non-hydrogen) atoms. The maximum absolute atomic E-state index is 4.57. The Morgan fingerprint density at radius 1 is 1.09 bits per heavy atom. The fourth-order valence-corrected chi connectivity index (χ4v) is 5.63. The zero-order valence-corrected chi connectivity index (χ0v) is 13.9. The summed E-state index contributed by atoms with van der Waals surface area (Å²) in [6, 6.07) is 0.747. The summed E-state index contributed by atoms with van der Waals surface area (Å²) in [7, 11) is 0. The van der Waals surface area contributed by atoms with Crippen LogP contribution in [-0.2, 0) is 0 Å². The summed E-state index contributed by atoms with van der Waals surface area (Å²) >= 11 is 1.78. The molecule has 0 N–H and O–H groups in total. The second-order valence-corrected chi connectivity index (χ2v) is 8.14. The highest BCUT2D eigenvalue weighted by Crippen LogP contribution is 2.40. The summed E-state index contributed by atoms with van der Waals surface area (Å²) in [5.41, 5.74) is 2.40. The van der Waals surface area contributed by atoms with Crippen molar-refractivity contribution in [2.24, 2.45) is 11.8 Å². The van der Waals surface area contributed by atoms with Gasteiger partial charge in [0.2, 0.25) is 0 Å². The molecule has 3 aliphatic rings. The zero-order valence-electron chi connectivity index (χ0n) is 13.0. The van der Waals surface area contributed by atoms with E-state index in [-0.39, 0.29) is 0 Å². The van der Waals surface area contributed by atoms with E-state index in [1.807, 2.05) is 0 Å². The summed E-state index contributed by atoms with van der Waals surface area (Å²) in [6.07, 6.45) is 6.14. The maximum Gasteiger partial charge on any atom is 0.150 e. The number of rotatable bonds is 2. The molecule has 0 aromatic carbocycles. The number of aromatic nitrogens is 2. The molecule has 2 unspecified atom stereocenters. The molecule has 1 saturated carbocycles. The molecule has 4 heterocycles. The molecule has 2 aromatic rings. The third-order valence-corrected chi connectivity index (χ3v) is 7.03. The van der Waals surface area contributed by atoms with Gasteiger partial charge >= 0.3 is 0 Å². The first-order chi connectivity index (χ1) is 10.8. The minimum atomic E-state index is 0.747. The summed E-state index contributed by atoms with van der Waals surface area (Å²) < 4.78 is 1.26. The molecular formula is C17H22N4S. The van der Waals surface area contributed by atoms with Crippen LogP contribution >= 0.6 is 11.3 Å². The molecule has 2 saturated heterocycles. The summed E-state index contributed by atoms with van der Waals surface area (Å²) in [4.78, 5) is 14.2. The van der Waals surface area contributed by atoms with E-state index in [9.17, 15) is 0 Å². The fourth-order valence-electron chi connectivity index (χ4n) is 4.61. The van der Waals surface area contributed by atoms with Gasteiger partial charge in [0.1, 0.15) is 12.1 Å². The van der Waals surface area contributed by atoms with E-state index < -0.39 is 0 Å². The van der Waals surface area contributed by atoms with Gasteiger partial charge in [-0.1, -0.05) is 6.42 Å². The highest BCUT2D eigenvalue weighted by atomic mass is 32.1. The Morgan fingerprint density at radius 2 is 1.86 bits per heavy atom. The molecule has 116 valence electrons. The molecule has 0 amide bonds. The number of hydrogen-bond donors (Lipinski definition) is 0. The van der Waals surface area contributed by atoms with E-state index >= 15 is 0 Å². The molecule has 2 aromatic heterocycles. The molecule has 0 radical (unpaired) electrons. The predicted octanol–water partition coefficient (Wildman–Crippen LogP) is 2.92. The fraction of sp³-hybridized carbons (Fsp3) is 0.647. The average Bonchev–Trinajstić information content (AvgIpc) is 3.13. The number of aryl methyl sites for hydroxylation is 1. The Balaban J connectivity index is 1.31. The van der Waals surface area contributed by atoms with Crippen LogP contribution < -0.4 is 4.90 Å². The van der Waals surface area contributed by atoms with Gasteiger partial charge in [0.25, 0.3) is 0 Å². The van der Waals surface area contributed by atoms with Gasteiger partial charge in [0.15, 0.2) is 0 Å². The van der Waals surface area contributed by atoms with Gasteiger partial charge in [-0.3, -0.25) is 4.90 Å².